The highest BCUT2D eigenvalue weighted by molar-refractivity contribution is 7.98. The number of hydrogen-bond donors (Lipinski definition) is 15. The number of benzene rings is 2. The Morgan fingerprint density at radius 3 is 1.51 bits per heavy atom. The first kappa shape index (κ1) is 78.5. The summed E-state index contributed by atoms with van der Waals surface area (Å²) in [7, 11) is 0. The van der Waals surface area contributed by atoms with Crippen LogP contribution in [0.3, 0.4) is 0 Å². The van der Waals surface area contributed by atoms with Crippen LogP contribution in [0, 0.1) is 5.92 Å². The van der Waals surface area contributed by atoms with Gasteiger partial charge >= 0.3 is 0 Å². The number of nitrogens with one attached hydrogen (secondary N) is 8. The molecule has 31 nitrogen and oxygen atoms in total. The largest absolute Gasteiger partial charge is 0.370 e. The maximum absolute atomic E-state index is 14.7. The van der Waals surface area contributed by atoms with Gasteiger partial charge in [0.1, 0.15) is 54.4 Å². The Morgan fingerprint density at radius 2 is 1.01 bits per heavy atom. The van der Waals surface area contributed by atoms with Crippen LogP contribution in [0.25, 0.3) is 0 Å². The minimum Gasteiger partial charge on any atom is -0.370 e. The lowest BCUT2D eigenvalue weighted by Gasteiger charge is -2.32. The van der Waals surface area contributed by atoms with E-state index in [9.17, 15) is 62.3 Å². The van der Waals surface area contributed by atoms with E-state index in [0.29, 0.717) is 55.4 Å². The smallest absolute Gasteiger partial charge is 0.245 e. The molecule has 4 rings (SSSR count). The molecule has 2 aliphatic rings. The third-order valence-electron chi connectivity index (χ3n) is 16.0. The van der Waals surface area contributed by atoms with Crippen LogP contribution < -0.4 is 82.7 Å². The van der Waals surface area contributed by atoms with Crippen molar-refractivity contribution in [2.24, 2.45) is 51.0 Å². The molecule has 524 valence electrons. The van der Waals surface area contributed by atoms with Gasteiger partial charge in [-0.2, -0.15) is 11.8 Å². The minimum atomic E-state index is -1.64. The summed E-state index contributed by atoms with van der Waals surface area (Å²) in [4.78, 5) is 185. The third-order valence-corrected chi connectivity index (χ3v) is 16.7. The molecule has 95 heavy (non-hydrogen) atoms. The molecule has 0 aliphatic carbocycles. The number of nitrogens with two attached hydrogens (primary N) is 7. The number of hydrogen-bond acceptors (Lipinski definition) is 17. The van der Waals surface area contributed by atoms with Gasteiger partial charge in [0, 0.05) is 45.3 Å². The van der Waals surface area contributed by atoms with E-state index in [1.165, 1.54) is 21.6 Å². The first-order chi connectivity index (χ1) is 45.2. The number of thioether (sulfide) groups is 1. The fourth-order valence-electron chi connectivity index (χ4n) is 11.0. The van der Waals surface area contributed by atoms with Gasteiger partial charge < -0.3 is 92.5 Å². The molecule has 13 amide bonds. The molecule has 0 spiro atoms. The Labute approximate surface area is 558 Å². The van der Waals surface area contributed by atoms with Crippen molar-refractivity contribution < 1.29 is 62.3 Å². The fraction of sp³-hybridized carbons (Fsp3) is 0.587. The van der Waals surface area contributed by atoms with Gasteiger partial charge in [-0.3, -0.25) is 67.3 Å². The number of carbonyl (C=O) groups is 13. The molecule has 0 saturated carbocycles. The van der Waals surface area contributed by atoms with E-state index in [4.69, 9.17) is 40.1 Å². The number of amides is 13. The predicted molar refractivity (Wildman–Crippen MR) is 356 cm³/mol. The Balaban J connectivity index is 1.56. The van der Waals surface area contributed by atoms with Crippen molar-refractivity contribution in [2.45, 2.75) is 183 Å². The summed E-state index contributed by atoms with van der Waals surface area (Å²) in [6, 6.07) is 4.51. The normalized spacial score (nSPS) is 16.8. The minimum absolute atomic E-state index is 0.0736. The lowest BCUT2D eigenvalue weighted by atomic mass is 10.0. The molecule has 0 bridgehead atoms. The number of rotatable bonds is 42. The third kappa shape index (κ3) is 27.5. The highest BCUT2D eigenvalue weighted by Crippen LogP contribution is 2.24. The summed E-state index contributed by atoms with van der Waals surface area (Å²) in [5.74, 6) is -9.80. The molecule has 0 radical (unpaired) electrons. The average molecular weight is 1350 g/mol. The standard InChI is InChI=1S/C63H98N18O13S/c1-37(2)33-45(57(89)74-41(53(68)85)27-32-95-3)73-52(84)36-72-54(86)46(34-38-15-6-4-7-16-38)78-58(90)47(35-39-17-8-5-9-18-39)79-56(88)42(23-25-50(66)82)75-55(87)43(24-26-51(67)83)76-59(91)49-22-14-31-81(49)62(94)44(20-10-11-28-64)77-60(92)48-21-13-30-80(48)61(93)40(65)19-12-29-71-63(69)70/h4-9,15-18,37,40-49H,10-14,19-36,64-65H2,1-3H3,(H2,66,82)(H2,67,83)(H2,68,85)(H,72,86)(H,73,84)(H,74,89)(H,75,87)(H,76,91)(H,77,92)(H,78,90)(H,79,88)(H4,69,70,71)/t40-,41+,42-,43-,44+,45-,46-,47+,48+,49+/m1/s1. The van der Waals surface area contributed by atoms with Crippen LogP contribution in [0.5, 0.6) is 0 Å². The summed E-state index contributed by atoms with van der Waals surface area (Å²) in [5.41, 5.74) is 40.6. The number of nitrogens with zero attached hydrogens (tertiary/aromatic N) is 3. The van der Waals surface area contributed by atoms with Crippen LogP contribution in [-0.2, 0) is 75.2 Å². The average Bonchev–Trinajstić information content (AvgIpc) is 1.74. The van der Waals surface area contributed by atoms with E-state index in [-0.39, 0.29) is 83.0 Å². The van der Waals surface area contributed by atoms with Crippen molar-refractivity contribution in [3.05, 3.63) is 71.8 Å². The van der Waals surface area contributed by atoms with Crippen LogP contribution >= 0.6 is 11.8 Å². The van der Waals surface area contributed by atoms with E-state index in [1.807, 2.05) is 20.1 Å². The molecular formula is C63H98N18O13S. The van der Waals surface area contributed by atoms with Gasteiger partial charge in [-0.25, -0.2) is 0 Å². The SMILES string of the molecule is CSCC[C@H](NC(=O)[C@@H](CC(C)C)NC(=O)CNC(=O)[C@@H](Cc1ccccc1)NC(=O)[C@H](Cc1ccccc1)NC(=O)[C@@H](CCC(N)=O)NC(=O)[C@@H](CCC(N)=O)NC(=O)[C@@H]1CCCN1C(=O)[C@H](CCCCN)NC(=O)[C@@H]1CCCN1C(=O)[C@H](N)CCCN=C(N)N)C(N)=O. The van der Waals surface area contributed by atoms with E-state index < -0.39 is 169 Å². The van der Waals surface area contributed by atoms with Gasteiger partial charge in [0.15, 0.2) is 5.96 Å². The zero-order valence-electron chi connectivity index (χ0n) is 54.5. The van der Waals surface area contributed by atoms with Crippen molar-refractivity contribution in [1.29, 1.82) is 0 Å². The van der Waals surface area contributed by atoms with Gasteiger partial charge in [-0.1, -0.05) is 74.5 Å². The zero-order chi connectivity index (χ0) is 70.1. The van der Waals surface area contributed by atoms with Crippen molar-refractivity contribution in [1.82, 2.24) is 52.3 Å². The van der Waals surface area contributed by atoms with Crippen molar-refractivity contribution in [2.75, 3.05) is 44.7 Å². The van der Waals surface area contributed by atoms with E-state index in [2.05, 4.69) is 47.5 Å². The van der Waals surface area contributed by atoms with E-state index in [1.54, 1.807) is 60.7 Å². The maximum Gasteiger partial charge on any atom is 0.245 e. The first-order valence-corrected chi connectivity index (χ1v) is 33.6. The van der Waals surface area contributed by atoms with Gasteiger partial charge in [0.25, 0.3) is 0 Å². The summed E-state index contributed by atoms with van der Waals surface area (Å²) in [6.45, 7) is 3.86. The predicted octanol–water partition coefficient (Wildman–Crippen LogP) is -3.71. The van der Waals surface area contributed by atoms with Gasteiger partial charge in [0.05, 0.1) is 12.6 Å². The fourth-order valence-corrected chi connectivity index (χ4v) is 11.5. The molecule has 32 heteroatoms. The van der Waals surface area contributed by atoms with Crippen LogP contribution in [0.2, 0.25) is 0 Å². The number of likely N-dealkylation sites (tertiary alicyclic amines) is 2. The Hall–Kier alpha value is -8.91. The van der Waals surface area contributed by atoms with Crippen LogP contribution in [-0.4, -0.2) is 198 Å². The van der Waals surface area contributed by atoms with Crippen molar-refractivity contribution >= 4 is 94.5 Å². The quantitative estimate of drug-likeness (QED) is 0.0173. The molecule has 2 aliphatic heterocycles. The van der Waals surface area contributed by atoms with Crippen LogP contribution in [0.4, 0.5) is 0 Å². The number of carbonyl (C=O) groups excluding carboxylic acids is 13. The molecule has 2 aromatic rings. The first-order valence-electron chi connectivity index (χ1n) is 32.2. The molecule has 2 aromatic carbocycles. The number of primary amides is 3. The molecule has 2 fully saturated rings. The Kier molecular flexibility index (Phi) is 33.9. The van der Waals surface area contributed by atoms with Gasteiger partial charge in [-0.05, 0) is 119 Å². The van der Waals surface area contributed by atoms with E-state index in [0.717, 1.165) is 0 Å². The van der Waals surface area contributed by atoms with Crippen LogP contribution in [0.1, 0.15) is 121 Å². The number of aliphatic imine (C=N–C) groups is 1. The highest BCUT2D eigenvalue weighted by Gasteiger charge is 2.42. The molecule has 2 saturated heterocycles. The summed E-state index contributed by atoms with van der Waals surface area (Å²) >= 11 is 1.45. The van der Waals surface area contributed by atoms with E-state index >= 15 is 0 Å². The van der Waals surface area contributed by atoms with Gasteiger partial charge in [0.2, 0.25) is 76.8 Å². The molecule has 2 heterocycles. The molecule has 10 atom stereocenters. The number of unbranched alkanes of at least 4 members (excludes halogenated alkanes) is 1. The van der Waals surface area contributed by atoms with Gasteiger partial charge in [-0.15, -0.1) is 0 Å². The lowest BCUT2D eigenvalue weighted by Crippen LogP contribution is -2.60. The molecule has 0 aromatic heterocycles. The molecular weight excluding hydrogens is 1250 g/mol. The zero-order valence-corrected chi connectivity index (χ0v) is 55.3. The Bertz CT molecular complexity index is 2960. The van der Waals surface area contributed by atoms with Crippen LogP contribution in [0.15, 0.2) is 65.7 Å². The lowest BCUT2D eigenvalue weighted by molar-refractivity contribution is -0.144. The molecule has 22 N–H and O–H groups in total. The molecule has 0 unspecified atom stereocenters. The highest BCUT2D eigenvalue weighted by atomic mass is 32.2. The maximum atomic E-state index is 14.7. The summed E-state index contributed by atoms with van der Waals surface area (Å²) in [5, 5.41) is 21.1. The summed E-state index contributed by atoms with van der Waals surface area (Å²) in [6.07, 6.45) is 3.12. The number of guanidine groups is 1. The van der Waals surface area contributed by atoms with Crippen molar-refractivity contribution in [3.63, 3.8) is 0 Å². The second-order valence-corrected chi connectivity index (χ2v) is 25.1. The van der Waals surface area contributed by atoms with Crippen molar-refractivity contribution in [3.8, 4) is 0 Å². The monoisotopic (exact) mass is 1350 g/mol. The topological polar surface area (TPSA) is 519 Å². The summed E-state index contributed by atoms with van der Waals surface area (Å²) < 4.78 is 0. The second kappa shape index (κ2) is 41.0. The second-order valence-electron chi connectivity index (χ2n) is 24.1. The Morgan fingerprint density at radius 1 is 0.537 bits per heavy atom.